The van der Waals surface area contributed by atoms with Gasteiger partial charge in [0.05, 0.1) is 12.2 Å². The Kier molecular flexibility index (Phi) is 5.26. The number of benzene rings is 2. The molecule has 1 aliphatic rings. The van der Waals surface area contributed by atoms with Crippen LogP contribution < -0.4 is 0 Å². The second-order valence-electron chi connectivity index (χ2n) is 7.25. The molecule has 27 heavy (non-hydrogen) atoms. The molecule has 3 aromatic rings. The number of ether oxygens (including phenoxy) is 1. The number of amides is 1. The minimum absolute atomic E-state index is 0.118. The number of hydrogen-bond acceptors (Lipinski definition) is 2. The van der Waals surface area contributed by atoms with Crippen molar-refractivity contribution in [2.24, 2.45) is 5.92 Å². The van der Waals surface area contributed by atoms with Crippen LogP contribution in [0.3, 0.4) is 0 Å². The van der Waals surface area contributed by atoms with Gasteiger partial charge in [-0.15, -0.1) is 0 Å². The lowest BCUT2D eigenvalue weighted by Crippen LogP contribution is -2.35. The molecule has 0 N–H and O–H groups in total. The molecule has 140 valence electrons. The number of para-hydroxylation sites is 1. The van der Waals surface area contributed by atoms with E-state index in [1.807, 2.05) is 29.3 Å². The molecule has 1 unspecified atom stereocenters. The van der Waals surface area contributed by atoms with Gasteiger partial charge in [-0.3, -0.25) is 4.79 Å². The lowest BCUT2D eigenvalue weighted by molar-refractivity contribution is 0.0732. The highest BCUT2D eigenvalue weighted by atomic mass is 16.5. The lowest BCUT2D eigenvalue weighted by Gasteiger charge is -2.23. The fraction of sp³-hybridized carbons (Fsp3) is 0.348. The van der Waals surface area contributed by atoms with E-state index in [1.54, 1.807) is 0 Å². The number of rotatable bonds is 6. The minimum Gasteiger partial charge on any atom is -0.381 e. The summed E-state index contributed by atoms with van der Waals surface area (Å²) in [7, 11) is 0. The number of carbonyl (C=O) groups is 1. The first-order chi connectivity index (χ1) is 13.3. The third kappa shape index (κ3) is 3.76. The van der Waals surface area contributed by atoms with Gasteiger partial charge >= 0.3 is 0 Å². The van der Waals surface area contributed by atoms with Crippen LogP contribution in [0.4, 0.5) is 0 Å². The Morgan fingerprint density at radius 1 is 1.15 bits per heavy atom. The van der Waals surface area contributed by atoms with Crippen molar-refractivity contribution in [3.63, 3.8) is 0 Å². The van der Waals surface area contributed by atoms with Gasteiger partial charge in [-0.1, -0.05) is 48.5 Å². The molecule has 1 amide bonds. The maximum Gasteiger partial charge on any atom is 0.256 e. The second-order valence-corrected chi connectivity index (χ2v) is 7.25. The highest BCUT2D eigenvalue weighted by Gasteiger charge is 2.24. The van der Waals surface area contributed by atoms with Crippen molar-refractivity contribution in [1.29, 1.82) is 0 Å². The molecule has 0 aliphatic carbocycles. The summed E-state index contributed by atoms with van der Waals surface area (Å²) in [5.74, 6) is 0.569. The molecular weight excluding hydrogens is 336 g/mol. The van der Waals surface area contributed by atoms with E-state index in [-0.39, 0.29) is 5.91 Å². The molecule has 4 rings (SSSR count). The summed E-state index contributed by atoms with van der Waals surface area (Å²) in [6, 6.07) is 18.6. The number of carbonyl (C=O) groups excluding carboxylic acids is 1. The third-order valence-corrected chi connectivity index (χ3v) is 5.39. The van der Waals surface area contributed by atoms with Crippen molar-refractivity contribution in [2.75, 3.05) is 26.3 Å². The molecule has 4 heteroatoms. The third-order valence-electron chi connectivity index (χ3n) is 5.39. The molecule has 4 nitrogen and oxygen atoms in total. The molecule has 1 atom stereocenters. The predicted octanol–water partition coefficient (Wildman–Crippen LogP) is 4.19. The summed E-state index contributed by atoms with van der Waals surface area (Å²) in [6.45, 7) is 5.88. The van der Waals surface area contributed by atoms with Gasteiger partial charge in [0, 0.05) is 49.3 Å². The van der Waals surface area contributed by atoms with Gasteiger partial charge in [-0.2, -0.15) is 0 Å². The Hall–Kier alpha value is -2.59. The highest BCUT2D eigenvalue weighted by Crippen LogP contribution is 2.25. The number of hydrogen-bond donors (Lipinski definition) is 0. The Morgan fingerprint density at radius 3 is 2.67 bits per heavy atom. The normalized spacial score (nSPS) is 16.7. The summed E-state index contributed by atoms with van der Waals surface area (Å²) >= 11 is 0. The Labute approximate surface area is 160 Å². The minimum atomic E-state index is 0.118. The van der Waals surface area contributed by atoms with Crippen molar-refractivity contribution >= 4 is 16.8 Å². The van der Waals surface area contributed by atoms with Crippen LogP contribution in [-0.4, -0.2) is 41.7 Å². The van der Waals surface area contributed by atoms with E-state index in [0.29, 0.717) is 12.5 Å². The van der Waals surface area contributed by atoms with E-state index in [4.69, 9.17) is 4.74 Å². The van der Waals surface area contributed by atoms with Crippen LogP contribution in [-0.2, 0) is 11.3 Å². The van der Waals surface area contributed by atoms with E-state index in [0.717, 1.165) is 49.2 Å². The highest BCUT2D eigenvalue weighted by molar-refractivity contribution is 6.07. The van der Waals surface area contributed by atoms with Gasteiger partial charge in [0.15, 0.2) is 0 Å². The summed E-state index contributed by atoms with van der Waals surface area (Å²) in [6.07, 6.45) is 3.06. The molecule has 1 saturated heterocycles. The summed E-state index contributed by atoms with van der Waals surface area (Å²) in [5, 5.41) is 1.03. The van der Waals surface area contributed by atoms with Crippen LogP contribution in [0, 0.1) is 5.92 Å². The van der Waals surface area contributed by atoms with Crippen LogP contribution in [0.25, 0.3) is 10.9 Å². The van der Waals surface area contributed by atoms with Crippen molar-refractivity contribution in [3.8, 4) is 0 Å². The molecule has 1 aliphatic heterocycles. The van der Waals surface area contributed by atoms with Gasteiger partial charge in [0.25, 0.3) is 5.91 Å². The van der Waals surface area contributed by atoms with Gasteiger partial charge < -0.3 is 14.2 Å². The van der Waals surface area contributed by atoms with E-state index in [1.165, 1.54) is 5.56 Å². The fourth-order valence-corrected chi connectivity index (χ4v) is 3.89. The molecule has 2 heterocycles. The lowest BCUT2D eigenvalue weighted by atomic mass is 10.1. The van der Waals surface area contributed by atoms with Gasteiger partial charge in [0.1, 0.15) is 0 Å². The van der Waals surface area contributed by atoms with E-state index < -0.39 is 0 Å². The largest absolute Gasteiger partial charge is 0.381 e. The number of nitrogens with zero attached hydrogens (tertiary/aromatic N) is 2. The monoisotopic (exact) mass is 362 g/mol. The zero-order valence-corrected chi connectivity index (χ0v) is 15.8. The Morgan fingerprint density at radius 2 is 1.93 bits per heavy atom. The zero-order valence-electron chi connectivity index (χ0n) is 15.8. The van der Waals surface area contributed by atoms with Crippen molar-refractivity contribution in [3.05, 3.63) is 71.9 Å². The molecule has 0 spiro atoms. The molecule has 2 aromatic carbocycles. The molecular formula is C23H26N2O2. The summed E-state index contributed by atoms with van der Waals surface area (Å²) < 4.78 is 7.67. The maximum absolute atomic E-state index is 13.3. The van der Waals surface area contributed by atoms with Crippen molar-refractivity contribution < 1.29 is 9.53 Å². The van der Waals surface area contributed by atoms with Crippen LogP contribution in [0.1, 0.15) is 29.3 Å². The Balaban J connectivity index is 1.65. The summed E-state index contributed by atoms with van der Waals surface area (Å²) in [5.41, 5.74) is 3.12. The zero-order chi connectivity index (χ0) is 18.6. The SMILES string of the molecule is CCN(CC1CCOC1)C(=O)c1cn(Cc2ccccc2)c2ccccc12. The standard InChI is InChI=1S/C23H26N2O2/c1-2-24(15-19-12-13-27-17-19)23(26)21-16-25(14-18-8-4-3-5-9-18)22-11-7-6-10-20(21)22/h3-11,16,19H,2,12-15,17H2,1H3. The van der Waals surface area contributed by atoms with Crippen LogP contribution in [0.15, 0.2) is 60.8 Å². The smallest absolute Gasteiger partial charge is 0.256 e. The first-order valence-electron chi connectivity index (χ1n) is 9.75. The van der Waals surface area contributed by atoms with E-state index in [2.05, 4.69) is 47.9 Å². The van der Waals surface area contributed by atoms with Crippen LogP contribution >= 0.6 is 0 Å². The molecule has 1 fully saturated rings. The molecule has 0 radical (unpaired) electrons. The van der Waals surface area contributed by atoms with Crippen molar-refractivity contribution in [2.45, 2.75) is 19.9 Å². The molecule has 0 bridgehead atoms. The fourth-order valence-electron chi connectivity index (χ4n) is 3.89. The first-order valence-corrected chi connectivity index (χ1v) is 9.75. The number of aromatic nitrogens is 1. The number of fused-ring (bicyclic) bond motifs is 1. The van der Waals surface area contributed by atoms with Gasteiger partial charge in [0.2, 0.25) is 0 Å². The first kappa shape index (κ1) is 17.8. The van der Waals surface area contributed by atoms with E-state index >= 15 is 0 Å². The van der Waals surface area contributed by atoms with E-state index in [9.17, 15) is 4.79 Å². The molecule has 1 aromatic heterocycles. The van der Waals surface area contributed by atoms with Gasteiger partial charge in [-0.25, -0.2) is 0 Å². The maximum atomic E-state index is 13.3. The van der Waals surface area contributed by atoms with Crippen LogP contribution in [0.2, 0.25) is 0 Å². The quantitative estimate of drug-likeness (QED) is 0.659. The van der Waals surface area contributed by atoms with Gasteiger partial charge in [-0.05, 0) is 25.0 Å². The Bertz CT molecular complexity index is 911. The topological polar surface area (TPSA) is 34.5 Å². The van der Waals surface area contributed by atoms with Crippen LogP contribution in [0.5, 0.6) is 0 Å². The second kappa shape index (κ2) is 7.97. The average molecular weight is 362 g/mol. The molecule has 0 saturated carbocycles. The van der Waals surface area contributed by atoms with Crippen molar-refractivity contribution in [1.82, 2.24) is 9.47 Å². The predicted molar refractivity (Wildman–Crippen MR) is 108 cm³/mol. The summed E-state index contributed by atoms with van der Waals surface area (Å²) in [4.78, 5) is 15.3. The average Bonchev–Trinajstić information content (AvgIpc) is 3.35.